The Labute approximate surface area is 152 Å². The summed E-state index contributed by atoms with van der Waals surface area (Å²) in [7, 11) is 1.27. The number of ether oxygens (including phenoxy) is 2. The summed E-state index contributed by atoms with van der Waals surface area (Å²) in [6, 6.07) is 3.94. The molecule has 2 fully saturated rings. The fourth-order valence-electron chi connectivity index (χ4n) is 3.28. The first-order valence-corrected chi connectivity index (χ1v) is 8.23. The molecule has 2 aliphatic rings. The molecule has 0 aromatic heterocycles. The first-order valence-electron chi connectivity index (χ1n) is 8.23. The summed E-state index contributed by atoms with van der Waals surface area (Å²) >= 11 is 0. The zero-order valence-corrected chi connectivity index (χ0v) is 14.4. The van der Waals surface area contributed by atoms with Crippen LogP contribution in [0.1, 0.15) is 12.8 Å². The molecule has 0 saturated carbocycles. The second-order valence-corrected chi connectivity index (χ2v) is 6.31. The Bertz CT molecular complexity index is 750. The SMILES string of the molecule is COC(=O)C1CCN2C(=O)N(c3ccc(OCC(F)(F)F)cc3)C(=O)C2C1. The number of hydrogen-bond donors (Lipinski definition) is 0. The van der Waals surface area contributed by atoms with Crippen molar-refractivity contribution in [1.82, 2.24) is 4.90 Å². The van der Waals surface area contributed by atoms with Gasteiger partial charge in [0.25, 0.3) is 5.91 Å². The van der Waals surface area contributed by atoms with Gasteiger partial charge in [0.1, 0.15) is 11.8 Å². The van der Waals surface area contributed by atoms with E-state index >= 15 is 0 Å². The number of anilines is 1. The third-order valence-electron chi connectivity index (χ3n) is 4.58. The van der Waals surface area contributed by atoms with Gasteiger partial charge in [-0.05, 0) is 37.1 Å². The molecule has 0 spiro atoms. The van der Waals surface area contributed by atoms with Gasteiger partial charge in [-0.1, -0.05) is 0 Å². The summed E-state index contributed by atoms with van der Waals surface area (Å²) in [5.74, 6) is -1.37. The normalized spacial score (nSPS) is 22.7. The van der Waals surface area contributed by atoms with Gasteiger partial charge >= 0.3 is 18.2 Å². The van der Waals surface area contributed by atoms with E-state index in [1.807, 2.05) is 0 Å². The van der Waals surface area contributed by atoms with Crippen molar-refractivity contribution in [2.24, 2.45) is 5.92 Å². The number of methoxy groups -OCH3 is 1. The molecule has 2 aliphatic heterocycles. The van der Waals surface area contributed by atoms with Crippen LogP contribution in [0.5, 0.6) is 5.75 Å². The van der Waals surface area contributed by atoms with E-state index in [0.29, 0.717) is 6.42 Å². The Morgan fingerprint density at radius 3 is 2.48 bits per heavy atom. The fourth-order valence-corrected chi connectivity index (χ4v) is 3.28. The van der Waals surface area contributed by atoms with Gasteiger partial charge in [0.2, 0.25) is 0 Å². The van der Waals surface area contributed by atoms with Crippen molar-refractivity contribution in [2.75, 3.05) is 25.2 Å². The number of benzene rings is 1. The molecule has 7 nitrogen and oxygen atoms in total. The van der Waals surface area contributed by atoms with Gasteiger partial charge < -0.3 is 14.4 Å². The zero-order chi connectivity index (χ0) is 19.8. The van der Waals surface area contributed by atoms with E-state index in [-0.39, 0.29) is 24.4 Å². The first kappa shape index (κ1) is 19.0. The minimum absolute atomic E-state index is 0.0290. The standard InChI is InChI=1S/C17H17F3N2O5/c1-26-15(24)10-6-7-21-13(8-10)14(23)22(16(21)25)11-2-4-12(5-3-11)27-9-17(18,19)20/h2-5,10,13H,6-9H2,1H3. The molecule has 3 rings (SSSR count). The maximum absolute atomic E-state index is 12.7. The smallest absolute Gasteiger partial charge is 0.422 e. The van der Waals surface area contributed by atoms with Crippen LogP contribution in [0.3, 0.4) is 0 Å². The van der Waals surface area contributed by atoms with E-state index in [2.05, 4.69) is 4.74 Å². The molecule has 0 aliphatic carbocycles. The van der Waals surface area contributed by atoms with Gasteiger partial charge in [-0.2, -0.15) is 13.2 Å². The minimum atomic E-state index is -4.46. The molecule has 0 bridgehead atoms. The van der Waals surface area contributed by atoms with Crippen LogP contribution in [0.15, 0.2) is 24.3 Å². The highest BCUT2D eigenvalue weighted by molar-refractivity contribution is 6.21. The second-order valence-electron chi connectivity index (χ2n) is 6.31. The number of imide groups is 1. The van der Waals surface area contributed by atoms with Crippen LogP contribution in [-0.4, -0.2) is 55.3 Å². The number of carbonyl (C=O) groups excluding carboxylic acids is 3. The number of hydrogen-bond acceptors (Lipinski definition) is 5. The van der Waals surface area contributed by atoms with Crippen LogP contribution in [0.2, 0.25) is 0 Å². The van der Waals surface area contributed by atoms with Gasteiger partial charge in [0.05, 0.1) is 18.7 Å². The molecule has 1 aromatic carbocycles. The summed E-state index contributed by atoms with van der Waals surface area (Å²) in [6.45, 7) is -1.18. The Kier molecular flexibility index (Phi) is 4.99. The number of piperidine rings is 1. The number of urea groups is 1. The van der Waals surface area contributed by atoms with Crippen LogP contribution in [0, 0.1) is 5.92 Å². The van der Waals surface area contributed by atoms with Crippen molar-refractivity contribution in [3.63, 3.8) is 0 Å². The maximum Gasteiger partial charge on any atom is 0.422 e. The third kappa shape index (κ3) is 3.83. The van der Waals surface area contributed by atoms with E-state index in [9.17, 15) is 27.6 Å². The highest BCUT2D eigenvalue weighted by Crippen LogP contribution is 2.34. The van der Waals surface area contributed by atoms with Crippen molar-refractivity contribution in [1.29, 1.82) is 0 Å². The number of rotatable bonds is 4. The number of fused-ring (bicyclic) bond motifs is 1. The van der Waals surface area contributed by atoms with Crippen molar-refractivity contribution >= 4 is 23.6 Å². The molecule has 10 heteroatoms. The van der Waals surface area contributed by atoms with E-state index in [1.165, 1.54) is 36.3 Å². The quantitative estimate of drug-likeness (QED) is 0.587. The molecule has 146 valence electrons. The van der Waals surface area contributed by atoms with Crippen LogP contribution in [-0.2, 0) is 14.3 Å². The molecule has 0 radical (unpaired) electrons. The van der Waals surface area contributed by atoms with Crippen LogP contribution in [0.4, 0.5) is 23.7 Å². The highest BCUT2D eigenvalue weighted by Gasteiger charge is 2.49. The fraction of sp³-hybridized carbons (Fsp3) is 0.471. The number of amides is 3. The second kappa shape index (κ2) is 7.09. The van der Waals surface area contributed by atoms with Crippen LogP contribution < -0.4 is 9.64 Å². The Hall–Kier alpha value is -2.78. The molecule has 3 amide bonds. The van der Waals surface area contributed by atoms with Gasteiger partial charge in [-0.3, -0.25) is 9.59 Å². The van der Waals surface area contributed by atoms with Crippen LogP contribution >= 0.6 is 0 Å². The number of alkyl halides is 3. The van der Waals surface area contributed by atoms with Gasteiger partial charge in [0.15, 0.2) is 6.61 Å². The van der Waals surface area contributed by atoms with Crippen molar-refractivity contribution in [3.05, 3.63) is 24.3 Å². The van der Waals surface area contributed by atoms with Crippen molar-refractivity contribution in [2.45, 2.75) is 25.1 Å². The van der Waals surface area contributed by atoms with Gasteiger partial charge in [-0.25, -0.2) is 9.69 Å². The lowest BCUT2D eigenvalue weighted by Gasteiger charge is -2.30. The average Bonchev–Trinajstić information content (AvgIpc) is 2.89. The van der Waals surface area contributed by atoms with Crippen LogP contribution in [0.25, 0.3) is 0 Å². The number of esters is 1. The molecule has 2 saturated heterocycles. The minimum Gasteiger partial charge on any atom is -0.484 e. The lowest BCUT2D eigenvalue weighted by molar-refractivity contribution is -0.153. The number of nitrogens with zero attached hydrogens (tertiary/aromatic N) is 2. The molecule has 2 atom stereocenters. The molecule has 1 aromatic rings. The molecular weight excluding hydrogens is 369 g/mol. The number of carbonyl (C=O) groups is 3. The van der Waals surface area contributed by atoms with E-state index < -0.39 is 42.7 Å². The Morgan fingerprint density at radius 2 is 1.89 bits per heavy atom. The van der Waals surface area contributed by atoms with Crippen molar-refractivity contribution in [3.8, 4) is 5.75 Å². The topological polar surface area (TPSA) is 76.2 Å². The average molecular weight is 386 g/mol. The maximum atomic E-state index is 12.7. The number of halogens is 3. The molecule has 2 heterocycles. The zero-order valence-electron chi connectivity index (χ0n) is 14.4. The highest BCUT2D eigenvalue weighted by atomic mass is 19.4. The molecule has 27 heavy (non-hydrogen) atoms. The largest absolute Gasteiger partial charge is 0.484 e. The molecule has 2 unspecified atom stereocenters. The summed E-state index contributed by atoms with van der Waals surface area (Å²) in [5, 5.41) is 0. The predicted octanol–water partition coefficient (Wildman–Crippen LogP) is 2.35. The third-order valence-corrected chi connectivity index (χ3v) is 4.58. The monoisotopic (exact) mass is 386 g/mol. The van der Waals surface area contributed by atoms with E-state index in [1.54, 1.807) is 0 Å². The van der Waals surface area contributed by atoms with Gasteiger partial charge in [-0.15, -0.1) is 0 Å². The lowest BCUT2D eigenvalue weighted by Crippen LogP contribution is -2.44. The van der Waals surface area contributed by atoms with E-state index in [0.717, 1.165) is 4.90 Å². The van der Waals surface area contributed by atoms with E-state index in [4.69, 9.17) is 4.74 Å². The lowest BCUT2D eigenvalue weighted by atomic mass is 9.91. The summed E-state index contributed by atoms with van der Waals surface area (Å²) in [4.78, 5) is 39.3. The van der Waals surface area contributed by atoms with Crippen molar-refractivity contribution < 1.29 is 37.0 Å². The summed E-state index contributed by atoms with van der Waals surface area (Å²) in [5.41, 5.74) is 0.230. The Morgan fingerprint density at radius 1 is 1.22 bits per heavy atom. The molecular formula is C17H17F3N2O5. The molecule has 0 N–H and O–H groups in total. The predicted molar refractivity (Wildman–Crippen MR) is 86.1 cm³/mol. The van der Waals surface area contributed by atoms with Gasteiger partial charge in [0, 0.05) is 6.54 Å². The first-order chi connectivity index (χ1) is 12.7. The summed E-state index contributed by atoms with van der Waals surface area (Å²) < 4.78 is 45.9. The summed E-state index contributed by atoms with van der Waals surface area (Å²) in [6.07, 6.45) is -3.88. The Balaban J connectivity index is 1.73.